The predicted octanol–water partition coefficient (Wildman–Crippen LogP) is 2.88. The molecule has 0 bridgehead atoms. The summed E-state index contributed by atoms with van der Waals surface area (Å²) in [4.78, 5) is 24.1. The Hall–Kier alpha value is -2.17. The molecule has 2 aromatic rings. The molecule has 1 aromatic carbocycles. The molecule has 8 nitrogen and oxygen atoms in total. The number of carbonyl (C=O) groups is 2. The topological polar surface area (TPSA) is 112 Å². The lowest BCUT2D eigenvalue weighted by molar-refractivity contribution is -0.148. The summed E-state index contributed by atoms with van der Waals surface area (Å²) in [5.41, 5.74) is 0.318. The third-order valence-corrected chi connectivity index (χ3v) is 5.80. The fraction of sp³-hybridized carbons (Fsp3) is 0.333. The van der Waals surface area contributed by atoms with Gasteiger partial charge in [-0.3, -0.25) is 4.79 Å². The molecule has 0 radical (unpaired) electrons. The van der Waals surface area contributed by atoms with Crippen LogP contribution in [0.4, 0.5) is 0 Å². The Bertz CT molecular complexity index is 935. The number of rotatable bonds is 8. The number of methoxy groups -OCH3 is 1. The Morgan fingerprint density at radius 1 is 1.18 bits per heavy atom. The standard InChI is InChI=1S/C18H20BrNO7S/c1-11(2)15(20-28(23,24)14-6-4-13(19)5-7-14)17(21)27-10-12-8-9-26-16(12)18(22)25-3/h4-9,11,15,20H,10H2,1-3H3/t15-/m0/s1. The van der Waals surface area contributed by atoms with E-state index in [4.69, 9.17) is 9.15 Å². The quantitative estimate of drug-likeness (QED) is 0.586. The van der Waals surface area contributed by atoms with Crippen molar-refractivity contribution < 1.29 is 31.9 Å². The first-order valence-electron chi connectivity index (χ1n) is 8.25. The summed E-state index contributed by atoms with van der Waals surface area (Å²) in [6.45, 7) is 3.12. The predicted molar refractivity (Wildman–Crippen MR) is 103 cm³/mol. The van der Waals surface area contributed by atoms with Crippen LogP contribution in [0.25, 0.3) is 0 Å². The zero-order valence-electron chi connectivity index (χ0n) is 15.5. The van der Waals surface area contributed by atoms with Crippen molar-refractivity contribution in [2.45, 2.75) is 31.4 Å². The lowest BCUT2D eigenvalue weighted by atomic mass is 10.1. The first-order valence-corrected chi connectivity index (χ1v) is 10.5. The highest BCUT2D eigenvalue weighted by molar-refractivity contribution is 9.10. The molecule has 0 fully saturated rings. The fourth-order valence-corrected chi connectivity index (χ4v) is 3.86. The van der Waals surface area contributed by atoms with Gasteiger partial charge in [-0.15, -0.1) is 0 Å². The normalized spacial score (nSPS) is 12.6. The van der Waals surface area contributed by atoms with Gasteiger partial charge in [0.2, 0.25) is 15.8 Å². The van der Waals surface area contributed by atoms with Crippen LogP contribution in [0.3, 0.4) is 0 Å². The van der Waals surface area contributed by atoms with E-state index >= 15 is 0 Å². The summed E-state index contributed by atoms with van der Waals surface area (Å²) < 4.78 is 43.1. The second-order valence-corrected chi connectivity index (χ2v) is 8.80. The Morgan fingerprint density at radius 3 is 2.39 bits per heavy atom. The van der Waals surface area contributed by atoms with Crippen LogP contribution >= 0.6 is 15.9 Å². The highest BCUT2D eigenvalue weighted by Gasteiger charge is 2.30. The molecule has 1 N–H and O–H groups in total. The first kappa shape index (κ1) is 22.1. The van der Waals surface area contributed by atoms with Crippen LogP contribution in [-0.2, 0) is 30.9 Å². The number of carbonyl (C=O) groups excluding carboxylic acids is 2. The molecule has 0 unspecified atom stereocenters. The van der Waals surface area contributed by atoms with Gasteiger partial charge in [-0.25, -0.2) is 13.2 Å². The summed E-state index contributed by atoms with van der Waals surface area (Å²) in [5.74, 6) is -1.92. The molecule has 152 valence electrons. The van der Waals surface area contributed by atoms with Crippen molar-refractivity contribution in [3.8, 4) is 0 Å². The number of furan rings is 1. The van der Waals surface area contributed by atoms with Crippen LogP contribution in [0.5, 0.6) is 0 Å². The van der Waals surface area contributed by atoms with Crippen molar-refractivity contribution in [1.82, 2.24) is 4.72 Å². The van der Waals surface area contributed by atoms with Crippen LogP contribution in [-0.4, -0.2) is 33.5 Å². The van der Waals surface area contributed by atoms with E-state index in [2.05, 4.69) is 25.4 Å². The van der Waals surface area contributed by atoms with E-state index in [1.54, 1.807) is 26.0 Å². The van der Waals surface area contributed by atoms with E-state index in [1.165, 1.54) is 31.6 Å². The summed E-state index contributed by atoms with van der Waals surface area (Å²) in [7, 11) is -2.73. The number of benzene rings is 1. The van der Waals surface area contributed by atoms with Crippen LogP contribution in [0.15, 0.2) is 50.4 Å². The van der Waals surface area contributed by atoms with Crippen molar-refractivity contribution in [2.24, 2.45) is 5.92 Å². The molecular formula is C18H20BrNO7S. The largest absolute Gasteiger partial charge is 0.463 e. The molecule has 0 aliphatic carbocycles. The SMILES string of the molecule is COC(=O)c1occc1COC(=O)[C@@H](NS(=O)(=O)c1ccc(Br)cc1)C(C)C. The Balaban J connectivity index is 2.11. The minimum absolute atomic E-state index is 0.0250. The molecule has 2 rings (SSSR count). The average molecular weight is 474 g/mol. The van der Waals surface area contributed by atoms with E-state index in [-0.39, 0.29) is 23.2 Å². The molecule has 0 spiro atoms. The summed E-state index contributed by atoms with van der Waals surface area (Å²) >= 11 is 3.24. The summed E-state index contributed by atoms with van der Waals surface area (Å²) in [6, 6.07) is 6.37. The zero-order valence-corrected chi connectivity index (χ0v) is 17.9. The van der Waals surface area contributed by atoms with Crippen molar-refractivity contribution in [2.75, 3.05) is 7.11 Å². The van der Waals surface area contributed by atoms with Crippen LogP contribution in [0.2, 0.25) is 0 Å². The highest BCUT2D eigenvalue weighted by atomic mass is 79.9. The van der Waals surface area contributed by atoms with Gasteiger partial charge < -0.3 is 13.9 Å². The van der Waals surface area contributed by atoms with Gasteiger partial charge in [0, 0.05) is 10.0 Å². The second kappa shape index (κ2) is 9.35. The van der Waals surface area contributed by atoms with Crippen LogP contribution in [0, 0.1) is 5.92 Å². The third kappa shape index (κ3) is 5.43. The molecule has 0 saturated carbocycles. The van der Waals surface area contributed by atoms with Crippen molar-refractivity contribution in [3.05, 3.63) is 52.4 Å². The van der Waals surface area contributed by atoms with E-state index < -0.39 is 28.0 Å². The van der Waals surface area contributed by atoms with Crippen molar-refractivity contribution >= 4 is 37.9 Å². The van der Waals surface area contributed by atoms with Crippen molar-refractivity contribution in [1.29, 1.82) is 0 Å². The first-order chi connectivity index (χ1) is 13.2. The van der Waals surface area contributed by atoms with Gasteiger partial charge in [0.05, 0.1) is 18.3 Å². The second-order valence-electron chi connectivity index (χ2n) is 6.17. The molecule has 1 aromatic heterocycles. The summed E-state index contributed by atoms with van der Waals surface area (Å²) in [6.07, 6.45) is 1.27. The number of halogens is 1. The van der Waals surface area contributed by atoms with Crippen LogP contribution < -0.4 is 4.72 Å². The van der Waals surface area contributed by atoms with Gasteiger partial charge in [0.15, 0.2) is 0 Å². The smallest absolute Gasteiger partial charge is 0.374 e. The van der Waals surface area contributed by atoms with Crippen LogP contribution in [0.1, 0.15) is 30.0 Å². The number of hydrogen-bond donors (Lipinski definition) is 1. The van der Waals surface area contributed by atoms with E-state index in [9.17, 15) is 18.0 Å². The Kier molecular flexibility index (Phi) is 7.39. The molecule has 10 heteroatoms. The highest BCUT2D eigenvalue weighted by Crippen LogP contribution is 2.18. The third-order valence-electron chi connectivity index (χ3n) is 3.81. The number of sulfonamides is 1. The maximum absolute atomic E-state index is 12.6. The minimum atomic E-state index is -3.93. The molecule has 1 heterocycles. The molecule has 0 saturated heterocycles. The van der Waals surface area contributed by atoms with Gasteiger partial charge in [0.1, 0.15) is 12.6 Å². The monoisotopic (exact) mass is 473 g/mol. The maximum atomic E-state index is 12.6. The van der Waals surface area contributed by atoms with E-state index in [0.717, 1.165) is 4.47 Å². The number of ether oxygens (including phenoxy) is 2. The summed E-state index contributed by atoms with van der Waals surface area (Å²) in [5, 5.41) is 0. The van der Waals surface area contributed by atoms with Crippen molar-refractivity contribution in [3.63, 3.8) is 0 Å². The lowest BCUT2D eigenvalue weighted by Crippen LogP contribution is -2.45. The average Bonchev–Trinajstić information content (AvgIpc) is 3.12. The maximum Gasteiger partial charge on any atom is 0.374 e. The van der Waals surface area contributed by atoms with Gasteiger partial charge in [-0.05, 0) is 36.2 Å². The molecular weight excluding hydrogens is 454 g/mol. The fourth-order valence-electron chi connectivity index (χ4n) is 2.27. The van der Waals surface area contributed by atoms with E-state index in [1.807, 2.05) is 0 Å². The number of nitrogens with one attached hydrogen (secondary N) is 1. The number of hydrogen-bond acceptors (Lipinski definition) is 7. The van der Waals surface area contributed by atoms with Gasteiger partial charge in [-0.2, -0.15) is 4.72 Å². The van der Waals surface area contributed by atoms with E-state index in [0.29, 0.717) is 5.56 Å². The molecule has 1 atom stereocenters. The molecule has 0 aliphatic heterocycles. The molecule has 28 heavy (non-hydrogen) atoms. The van der Waals surface area contributed by atoms with Gasteiger partial charge in [0.25, 0.3) is 0 Å². The lowest BCUT2D eigenvalue weighted by Gasteiger charge is -2.20. The van der Waals surface area contributed by atoms with Gasteiger partial charge in [-0.1, -0.05) is 29.8 Å². The number of esters is 2. The molecule has 0 aliphatic rings. The Morgan fingerprint density at radius 2 is 1.82 bits per heavy atom. The minimum Gasteiger partial charge on any atom is -0.463 e. The van der Waals surface area contributed by atoms with Gasteiger partial charge >= 0.3 is 11.9 Å². The molecule has 0 amide bonds. The Labute approximate surface area is 171 Å². The zero-order chi connectivity index (χ0) is 20.9.